The highest BCUT2D eigenvalue weighted by Crippen LogP contribution is 2.16. The first-order valence-corrected chi connectivity index (χ1v) is 8.08. The molecular formula is C20H23N3. The van der Waals surface area contributed by atoms with Crippen molar-refractivity contribution in [1.29, 1.82) is 5.26 Å². The molecule has 0 aliphatic carbocycles. The molecule has 0 aliphatic heterocycles. The van der Waals surface area contributed by atoms with Crippen LogP contribution in [0.1, 0.15) is 37.3 Å². The Balaban J connectivity index is 1.96. The van der Waals surface area contributed by atoms with Crippen molar-refractivity contribution in [3.63, 3.8) is 0 Å². The molecule has 2 aromatic carbocycles. The number of hydrogen-bond donors (Lipinski definition) is 0. The quantitative estimate of drug-likeness (QED) is 0.537. The lowest BCUT2D eigenvalue weighted by Gasteiger charge is -2.19. The second-order valence-electron chi connectivity index (χ2n) is 5.64. The Morgan fingerprint density at radius 1 is 1.04 bits per heavy atom. The van der Waals surface area contributed by atoms with Crippen LogP contribution in [0, 0.1) is 11.3 Å². The summed E-state index contributed by atoms with van der Waals surface area (Å²) in [6.07, 6.45) is 5.61. The fourth-order valence-corrected chi connectivity index (χ4v) is 2.31. The Bertz CT molecular complexity index is 664. The van der Waals surface area contributed by atoms with Crippen molar-refractivity contribution in [1.82, 2.24) is 0 Å². The second-order valence-corrected chi connectivity index (χ2v) is 5.64. The standard InChI is InChI=1S/C20H23N3/c1-3-4-5-14-23(2)20-12-8-18(9-13-20)16-22-19-10-6-17(15-21)7-11-19/h6-13,16H,3-5,14H2,1-2H3. The minimum absolute atomic E-state index is 0.652. The highest BCUT2D eigenvalue weighted by molar-refractivity contribution is 5.82. The highest BCUT2D eigenvalue weighted by atomic mass is 15.1. The van der Waals surface area contributed by atoms with Crippen LogP contribution in [0.25, 0.3) is 0 Å². The topological polar surface area (TPSA) is 39.4 Å². The predicted octanol–water partition coefficient (Wildman–Crippen LogP) is 4.94. The van der Waals surface area contributed by atoms with Crippen LogP contribution in [0.15, 0.2) is 53.5 Å². The third kappa shape index (κ3) is 5.27. The smallest absolute Gasteiger partial charge is 0.0991 e. The van der Waals surface area contributed by atoms with Gasteiger partial charge in [0.1, 0.15) is 0 Å². The van der Waals surface area contributed by atoms with E-state index >= 15 is 0 Å². The van der Waals surface area contributed by atoms with Gasteiger partial charge >= 0.3 is 0 Å². The van der Waals surface area contributed by atoms with Crippen molar-refractivity contribution >= 4 is 17.6 Å². The van der Waals surface area contributed by atoms with E-state index in [0.29, 0.717) is 5.56 Å². The first-order valence-electron chi connectivity index (χ1n) is 8.08. The van der Waals surface area contributed by atoms with Crippen molar-refractivity contribution in [2.45, 2.75) is 26.2 Å². The van der Waals surface area contributed by atoms with Crippen LogP contribution in [0.4, 0.5) is 11.4 Å². The zero-order chi connectivity index (χ0) is 16.5. The number of unbranched alkanes of at least 4 members (excludes halogenated alkanes) is 2. The molecule has 0 saturated carbocycles. The van der Waals surface area contributed by atoms with Gasteiger partial charge in [-0.1, -0.05) is 31.9 Å². The summed E-state index contributed by atoms with van der Waals surface area (Å²) in [4.78, 5) is 6.73. The molecule has 23 heavy (non-hydrogen) atoms. The Labute approximate surface area is 138 Å². The van der Waals surface area contributed by atoms with Crippen LogP contribution in [-0.4, -0.2) is 19.8 Å². The highest BCUT2D eigenvalue weighted by Gasteiger charge is 2.00. The lowest BCUT2D eigenvalue weighted by Crippen LogP contribution is -2.18. The summed E-state index contributed by atoms with van der Waals surface area (Å²) in [5, 5.41) is 8.78. The number of nitriles is 1. The van der Waals surface area contributed by atoms with Crippen LogP contribution in [0.5, 0.6) is 0 Å². The van der Waals surface area contributed by atoms with Gasteiger partial charge in [0.25, 0.3) is 0 Å². The van der Waals surface area contributed by atoms with Crippen LogP contribution in [0.2, 0.25) is 0 Å². The van der Waals surface area contributed by atoms with Crippen LogP contribution in [0.3, 0.4) is 0 Å². The normalized spacial score (nSPS) is 10.7. The maximum atomic E-state index is 8.78. The first kappa shape index (κ1) is 16.8. The zero-order valence-electron chi connectivity index (χ0n) is 13.9. The molecule has 0 unspecified atom stereocenters. The predicted molar refractivity (Wildman–Crippen MR) is 97.6 cm³/mol. The molecule has 0 aromatic heterocycles. The molecule has 0 aliphatic rings. The summed E-state index contributed by atoms with van der Waals surface area (Å²) in [6.45, 7) is 3.31. The molecule has 0 amide bonds. The van der Waals surface area contributed by atoms with Crippen LogP contribution in [-0.2, 0) is 0 Å². The second kappa shape index (κ2) is 8.75. The van der Waals surface area contributed by atoms with Crippen molar-refractivity contribution < 1.29 is 0 Å². The van der Waals surface area contributed by atoms with Gasteiger partial charge in [-0.2, -0.15) is 5.26 Å². The fourth-order valence-electron chi connectivity index (χ4n) is 2.31. The van der Waals surface area contributed by atoms with E-state index in [-0.39, 0.29) is 0 Å². The van der Waals surface area contributed by atoms with Crippen molar-refractivity contribution in [3.8, 4) is 6.07 Å². The molecule has 3 heteroatoms. The summed E-state index contributed by atoms with van der Waals surface area (Å²) in [5.74, 6) is 0. The summed E-state index contributed by atoms with van der Waals surface area (Å²) in [5.41, 5.74) is 3.81. The van der Waals surface area contributed by atoms with Gasteiger partial charge in [-0.3, -0.25) is 4.99 Å². The van der Waals surface area contributed by atoms with Crippen LogP contribution >= 0.6 is 0 Å². The third-order valence-corrected chi connectivity index (χ3v) is 3.79. The summed E-state index contributed by atoms with van der Waals surface area (Å²) in [7, 11) is 2.13. The molecule has 0 bridgehead atoms. The van der Waals surface area contributed by atoms with Gasteiger partial charge in [-0.25, -0.2) is 0 Å². The number of aliphatic imine (C=N–C) groups is 1. The van der Waals surface area contributed by atoms with Crippen molar-refractivity contribution in [2.75, 3.05) is 18.5 Å². The number of anilines is 1. The molecular weight excluding hydrogens is 282 g/mol. The molecule has 0 radical (unpaired) electrons. The van der Waals surface area contributed by atoms with Crippen molar-refractivity contribution in [3.05, 3.63) is 59.7 Å². The molecule has 0 atom stereocenters. The molecule has 2 rings (SSSR count). The third-order valence-electron chi connectivity index (χ3n) is 3.79. The van der Waals surface area contributed by atoms with Gasteiger partial charge in [-0.05, 0) is 48.4 Å². The van der Waals surface area contributed by atoms with E-state index < -0.39 is 0 Å². The average Bonchev–Trinajstić information content (AvgIpc) is 2.61. The van der Waals surface area contributed by atoms with E-state index in [0.717, 1.165) is 17.8 Å². The van der Waals surface area contributed by atoms with E-state index in [1.807, 2.05) is 18.3 Å². The van der Waals surface area contributed by atoms with Gasteiger partial charge in [0.2, 0.25) is 0 Å². The molecule has 0 saturated heterocycles. The monoisotopic (exact) mass is 305 g/mol. The Kier molecular flexibility index (Phi) is 6.38. The zero-order valence-corrected chi connectivity index (χ0v) is 13.9. The van der Waals surface area contributed by atoms with Gasteiger partial charge in [0.05, 0.1) is 17.3 Å². The molecule has 2 aromatic rings. The number of nitrogens with zero attached hydrogens (tertiary/aromatic N) is 3. The maximum Gasteiger partial charge on any atom is 0.0991 e. The van der Waals surface area contributed by atoms with Crippen molar-refractivity contribution in [2.24, 2.45) is 4.99 Å². The molecule has 0 spiro atoms. The Morgan fingerprint density at radius 2 is 1.74 bits per heavy atom. The minimum atomic E-state index is 0.652. The van der Waals surface area contributed by atoms with Gasteiger partial charge in [0, 0.05) is 25.5 Å². The Morgan fingerprint density at radius 3 is 2.35 bits per heavy atom. The van der Waals surface area contributed by atoms with E-state index in [9.17, 15) is 0 Å². The van der Waals surface area contributed by atoms with Crippen LogP contribution < -0.4 is 4.90 Å². The van der Waals surface area contributed by atoms with E-state index in [4.69, 9.17) is 5.26 Å². The molecule has 3 nitrogen and oxygen atoms in total. The average molecular weight is 305 g/mol. The minimum Gasteiger partial charge on any atom is -0.375 e. The van der Waals surface area contributed by atoms with Gasteiger partial charge in [0.15, 0.2) is 0 Å². The fraction of sp³-hybridized carbons (Fsp3) is 0.300. The van der Waals surface area contributed by atoms with E-state index in [2.05, 4.69) is 54.2 Å². The summed E-state index contributed by atoms with van der Waals surface area (Å²) >= 11 is 0. The largest absolute Gasteiger partial charge is 0.375 e. The molecule has 0 heterocycles. The molecule has 118 valence electrons. The van der Waals surface area contributed by atoms with E-state index in [1.54, 1.807) is 12.1 Å². The maximum absolute atomic E-state index is 8.78. The Hall–Kier alpha value is -2.60. The van der Waals surface area contributed by atoms with Gasteiger partial charge < -0.3 is 4.90 Å². The number of hydrogen-bond acceptors (Lipinski definition) is 3. The first-order chi connectivity index (χ1) is 11.2. The molecule has 0 fully saturated rings. The summed E-state index contributed by atoms with van der Waals surface area (Å²) in [6, 6.07) is 17.8. The van der Waals surface area contributed by atoms with Gasteiger partial charge in [-0.15, -0.1) is 0 Å². The lowest BCUT2D eigenvalue weighted by molar-refractivity contribution is 0.705. The summed E-state index contributed by atoms with van der Waals surface area (Å²) < 4.78 is 0. The van der Waals surface area contributed by atoms with E-state index in [1.165, 1.54) is 24.9 Å². The molecule has 0 N–H and O–H groups in total. The number of rotatable bonds is 7. The number of benzene rings is 2. The lowest BCUT2D eigenvalue weighted by atomic mass is 10.2. The SMILES string of the molecule is CCCCCN(C)c1ccc(C=Nc2ccc(C#N)cc2)cc1.